The standard InChI is InChI=1S/C18H34O4Si/c1-8-20-17(21-9-2)16-14(13-19)11-10-12-15(16)22-23(6,7)18(3,4)5/h11,13,15-17H,8-10,12H2,1-7H3/t15-,16-/m0/s1. The van der Waals surface area contributed by atoms with E-state index >= 15 is 0 Å². The molecule has 0 saturated carbocycles. The second-order valence-electron chi connectivity index (χ2n) is 7.62. The predicted octanol–water partition coefficient (Wildman–Crippen LogP) is 4.31. The summed E-state index contributed by atoms with van der Waals surface area (Å²) >= 11 is 0. The average molecular weight is 343 g/mol. The Bertz CT molecular complexity index is 406. The molecule has 0 aromatic heterocycles. The molecule has 1 rings (SSSR count). The molecule has 0 saturated heterocycles. The number of allylic oxidation sites excluding steroid dienone is 1. The second kappa shape index (κ2) is 8.56. The molecule has 0 spiro atoms. The van der Waals surface area contributed by atoms with Gasteiger partial charge in [0.15, 0.2) is 14.6 Å². The van der Waals surface area contributed by atoms with E-state index in [9.17, 15) is 4.79 Å². The van der Waals surface area contributed by atoms with Crippen LogP contribution in [-0.4, -0.2) is 40.2 Å². The maximum absolute atomic E-state index is 11.6. The molecule has 0 unspecified atom stereocenters. The molecular weight excluding hydrogens is 308 g/mol. The molecule has 5 heteroatoms. The highest BCUT2D eigenvalue weighted by Crippen LogP contribution is 2.41. The summed E-state index contributed by atoms with van der Waals surface area (Å²) in [6.07, 6.45) is 4.28. The summed E-state index contributed by atoms with van der Waals surface area (Å²) in [7, 11) is -1.92. The Morgan fingerprint density at radius 1 is 1.26 bits per heavy atom. The first-order valence-corrected chi connectivity index (χ1v) is 11.6. The lowest BCUT2D eigenvalue weighted by atomic mass is 9.85. The molecule has 4 nitrogen and oxygen atoms in total. The molecule has 0 aromatic carbocycles. The number of hydrogen-bond acceptors (Lipinski definition) is 4. The Labute approximate surface area is 142 Å². The summed E-state index contributed by atoms with van der Waals surface area (Å²) in [5.41, 5.74) is 0.756. The van der Waals surface area contributed by atoms with Gasteiger partial charge in [0.1, 0.15) is 6.29 Å². The van der Waals surface area contributed by atoms with Crippen molar-refractivity contribution >= 4 is 14.6 Å². The van der Waals surface area contributed by atoms with Gasteiger partial charge < -0.3 is 13.9 Å². The number of carbonyl (C=O) groups excluding carboxylic acids is 1. The van der Waals surface area contributed by atoms with Crippen LogP contribution < -0.4 is 0 Å². The molecule has 0 N–H and O–H groups in total. The maximum atomic E-state index is 11.6. The van der Waals surface area contributed by atoms with Crippen molar-refractivity contribution in [2.45, 2.75) is 78.0 Å². The summed E-state index contributed by atoms with van der Waals surface area (Å²) in [6, 6.07) is 0. The van der Waals surface area contributed by atoms with Gasteiger partial charge in [0, 0.05) is 13.2 Å². The highest BCUT2D eigenvalue weighted by molar-refractivity contribution is 6.74. The first kappa shape index (κ1) is 20.6. The predicted molar refractivity (Wildman–Crippen MR) is 96.0 cm³/mol. The molecule has 0 heterocycles. The van der Waals surface area contributed by atoms with E-state index in [2.05, 4.69) is 33.9 Å². The molecule has 0 aliphatic heterocycles. The van der Waals surface area contributed by atoms with Gasteiger partial charge in [-0.25, -0.2) is 0 Å². The first-order valence-electron chi connectivity index (χ1n) is 8.74. The van der Waals surface area contributed by atoms with E-state index in [1.165, 1.54) is 0 Å². The summed E-state index contributed by atoms with van der Waals surface area (Å²) in [4.78, 5) is 11.6. The molecule has 2 atom stereocenters. The van der Waals surface area contributed by atoms with Crippen LogP contribution in [0.4, 0.5) is 0 Å². The highest BCUT2D eigenvalue weighted by atomic mass is 28.4. The zero-order valence-electron chi connectivity index (χ0n) is 15.8. The number of aldehydes is 1. The lowest BCUT2D eigenvalue weighted by Crippen LogP contribution is -2.49. The van der Waals surface area contributed by atoms with Crippen molar-refractivity contribution in [1.29, 1.82) is 0 Å². The second-order valence-corrected chi connectivity index (χ2v) is 12.4. The molecule has 0 amide bonds. The lowest BCUT2D eigenvalue weighted by molar-refractivity contribution is -0.178. The Balaban J connectivity index is 3.07. The fraction of sp³-hybridized carbons (Fsp3) is 0.833. The Hall–Kier alpha value is -0.493. The smallest absolute Gasteiger partial charge is 0.192 e. The van der Waals surface area contributed by atoms with Gasteiger partial charge in [-0.3, -0.25) is 4.79 Å². The maximum Gasteiger partial charge on any atom is 0.192 e. The third kappa shape index (κ3) is 5.24. The summed E-state index contributed by atoms with van der Waals surface area (Å²) in [5, 5.41) is 0.132. The summed E-state index contributed by atoms with van der Waals surface area (Å²) < 4.78 is 18.2. The molecule has 23 heavy (non-hydrogen) atoms. The van der Waals surface area contributed by atoms with Crippen LogP contribution in [0.15, 0.2) is 11.6 Å². The van der Waals surface area contributed by atoms with Crippen LogP contribution in [0.5, 0.6) is 0 Å². The van der Waals surface area contributed by atoms with Gasteiger partial charge in [-0.1, -0.05) is 26.8 Å². The van der Waals surface area contributed by atoms with Crippen LogP contribution >= 0.6 is 0 Å². The van der Waals surface area contributed by atoms with E-state index in [0.717, 1.165) is 24.7 Å². The average Bonchev–Trinajstić information content (AvgIpc) is 2.45. The van der Waals surface area contributed by atoms with Gasteiger partial charge in [-0.15, -0.1) is 0 Å². The fourth-order valence-corrected chi connectivity index (χ4v) is 4.05. The lowest BCUT2D eigenvalue weighted by Gasteiger charge is -2.44. The molecule has 1 aliphatic rings. The van der Waals surface area contributed by atoms with Gasteiger partial charge in [0.25, 0.3) is 0 Å². The third-order valence-corrected chi connectivity index (χ3v) is 9.46. The van der Waals surface area contributed by atoms with E-state index in [1.54, 1.807) is 0 Å². The van der Waals surface area contributed by atoms with Crippen molar-refractivity contribution in [2.24, 2.45) is 5.92 Å². The largest absolute Gasteiger partial charge is 0.413 e. The van der Waals surface area contributed by atoms with Gasteiger partial charge in [-0.2, -0.15) is 0 Å². The van der Waals surface area contributed by atoms with E-state index in [-0.39, 0.29) is 17.1 Å². The minimum absolute atomic E-state index is 0.0239. The van der Waals surface area contributed by atoms with Crippen molar-refractivity contribution < 1.29 is 18.7 Å². The molecule has 134 valence electrons. The van der Waals surface area contributed by atoms with E-state index in [1.807, 2.05) is 19.9 Å². The number of carbonyl (C=O) groups is 1. The van der Waals surface area contributed by atoms with Crippen molar-refractivity contribution in [3.05, 3.63) is 11.6 Å². The van der Waals surface area contributed by atoms with Crippen LogP contribution in [0.1, 0.15) is 47.5 Å². The van der Waals surface area contributed by atoms with Crippen molar-refractivity contribution in [1.82, 2.24) is 0 Å². The molecule has 0 aromatic rings. The van der Waals surface area contributed by atoms with Gasteiger partial charge in [0.05, 0.1) is 12.0 Å². The Kier molecular flexibility index (Phi) is 7.65. The molecule has 0 fully saturated rings. The van der Waals surface area contributed by atoms with Crippen LogP contribution in [0.25, 0.3) is 0 Å². The monoisotopic (exact) mass is 342 g/mol. The van der Waals surface area contributed by atoms with Gasteiger partial charge in [0.2, 0.25) is 0 Å². The third-order valence-electron chi connectivity index (χ3n) is 4.96. The Morgan fingerprint density at radius 3 is 2.26 bits per heavy atom. The van der Waals surface area contributed by atoms with Crippen LogP contribution in [0.3, 0.4) is 0 Å². The van der Waals surface area contributed by atoms with E-state index in [0.29, 0.717) is 13.2 Å². The van der Waals surface area contributed by atoms with Crippen LogP contribution in [-0.2, 0) is 18.7 Å². The van der Waals surface area contributed by atoms with E-state index in [4.69, 9.17) is 13.9 Å². The number of hydrogen-bond donors (Lipinski definition) is 0. The SMILES string of the molecule is CCOC(OCC)[C@H]1C(C=O)=CCC[C@@H]1O[Si](C)(C)C(C)(C)C. The molecule has 0 radical (unpaired) electrons. The van der Waals surface area contributed by atoms with E-state index < -0.39 is 14.6 Å². The molecular formula is C18H34O4Si. The summed E-state index contributed by atoms with van der Waals surface area (Å²) in [5.74, 6) is -0.143. The quantitative estimate of drug-likeness (QED) is 0.374. The normalized spacial score (nSPS) is 23.0. The van der Waals surface area contributed by atoms with Gasteiger partial charge in [-0.05, 0) is 50.4 Å². The zero-order valence-corrected chi connectivity index (χ0v) is 16.8. The zero-order chi connectivity index (χ0) is 17.7. The summed E-state index contributed by atoms with van der Waals surface area (Å²) in [6.45, 7) is 16.2. The number of ether oxygens (including phenoxy) is 2. The van der Waals surface area contributed by atoms with Gasteiger partial charge >= 0.3 is 0 Å². The molecule has 0 bridgehead atoms. The van der Waals surface area contributed by atoms with Crippen molar-refractivity contribution in [3.8, 4) is 0 Å². The molecule has 1 aliphatic carbocycles. The minimum Gasteiger partial charge on any atom is -0.413 e. The van der Waals surface area contributed by atoms with Crippen molar-refractivity contribution in [3.63, 3.8) is 0 Å². The van der Waals surface area contributed by atoms with Crippen LogP contribution in [0, 0.1) is 5.92 Å². The fourth-order valence-electron chi connectivity index (χ4n) is 2.68. The Morgan fingerprint density at radius 2 is 1.83 bits per heavy atom. The first-order chi connectivity index (χ1) is 10.7. The minimum atomic E-state index is -1.92. The topological polar surface area (TPSA) is 44.8 Å². The van der Waals surface area contributed by atoms with Crippen molar-refractivity contribution in [2.75, 3.05) is 13.2 Å². The van der Waals surface area contributed by atoms with Crippen LogP contribution in [0.2, 0.25) is 18.1 Å². The number of rotatable bonds is 8. The highest BCUT2D eigenvalue weighted by Gasteiger charge is 2.44.